The molecule has 2 aromatic carbocycles. The number of esters is 1. The van der Waals surface area contributed by atoms with Crippen LogP contribution in [-0.2, 0) is 20.7 Å². The topological polar surface area (TPSA) is 68.6 Å². The van der Waals surface area contributed by atoms with Gasteiger partial charge in [0.2, 0.25) is 0 Å². The van der Waals surface area contributed by atoms with E-state index in [0.29, 0.717) is 25.2 Å². The molecule has 5 nitrogen and oxygen atoms in total. The van der Waals surface area contributed by atoms with E-state index in [4.69, 9.17) is 19.6 Å². The predicted octanol–water partition coefficient (Wildman–Crippen LogP) is 7.55. The van der Waals surface area contributed by atoms with Crippen LogP contribution in [0.3, 0.4) is 0 Å². The van der Waals surface area contributed by atoms with E-state index in [1.807, 2.05) is 12.1 Å². The number of nitrogens with one attached hydrogen (secondary N) is 1. The minimum Gasteiger partial charge on any atom is -0.493 e. The van der Waals surface area contributed by atoms with Crippen LogP contribution >= 0.6 is 0 Å². The van der Waals surface area contributed by atoms with Crippen LogP contribution < -0.4 is 4.74 Å². The third-order valence-electron chi connectivity index (χ3n) is 7.06. The summed E-state index contributed by atoms with van der Waals surface area (Å²) in [6, 6.07) is 14.8. The number of aryl methyl sites for hydroxylation is 1. The van der Waals surface area contributed by atoms with Crippen molar-refractivity contribution < 1.29 is 19.0 Å². The highest BCUT2D eigenvalue weighted by Crippen LogP contribution is 2.30. The van der Waals surface area contributed by atoms with Crippen LogP contribution in [0.25, 0.3) is 11.1 Å². The Morgan fingerprint density at radius 2 is 1.73 bits per heavy atom. The second-order valence-corrected chi connectivity index (χ2v) is 9.95. The Hall–Kier alpha value is -2.92. The molecule has 0 heterocycles. The lowest BCUT2D eigenvalue weighted by molar-refractivity contribution is -0.137. The largest absolute Gasteiger partial charge is 0.493 e. The van der Waals surface area contributed by atoms with Crippen LogP contribution in [-0.4, -0.2) is 38.1 Å². The lowest BCUT2D eigenvalue weighted by Crippen LogP contribution is -2.25. The number of rotatable bonds is 16. The second-order valence-electron chi connectivity index (χ2n) is 9.95. The molecule has 0 bridgehead atoms. The van der Waals surface area contributed by atoms with Gasteiger partial charge < -0.3 is 19.6 Å². The van der Waals surface area contributed by atoms with E-state index in [-0.39, 0.29) is 5.97 Å². The summed E-state index contributed by atoms with van der Waals surface area (Å²) in [5, 5.41) is 7.91. The maximum atomic E-state index is 11.0. The molecular weight excluding hydrogens is 462 g/mol. The Morgan fingerprint density at radius 1 is 1.00 bits per heavy atom. The first kappa shape index (κ1) is 28.6. The first-order valence-corrected chi connectivity index (χ1v) is 13.9. The maximum absolute atomic E-state index is 11.0. The van der Waals surface area contributed by atoms with E-state index in [9.17, 15) is 4.79 Å². The third-order valence-corrected chi connectivity index (χ3v) is 7.06. The van der Waals surface area contributed by atoms with Gasteiger partial charge in [0.25, 0.3) is 0 Å². The second kappa shape index (κ2) is 16.0. The molecule has 1 aliphatic carbocycles. The molecule has 0 atom stereocenters. The van der Waals surface area contributed by atoms with Crippen molar-refractivity contribution in [2.45, 2.75) is 77.2 Å². The molecule has 0 amide bonds. The van der Waals surface area contributed by atoms with Gasteiger partial charge in [-0.25, -0.2) is 4.79 Å². The SMILES string of the molecule is C=CC(=O)OCCCCCCOC1CCC(COc2ccc(-c3ccc(CCC)cc3)c(C=N)c2)CC1. The van der Waals surface area contributed by atoms with Crippen molar-refractivity contribution in [3.05, 3.63) is 66.2 Å². The molecule has 1 aliphatic rings. The highest BCUT2D eigenvalue weighted by Gasteiger charge is 2.22. The Kier molecular flexibility index (Phi) is 12.4. The van der Waals surface area contributed by atoms with Crippen LogP contribution in [0.15, 0.2) is 55.1 Å². The number of carbonyl (C=O) groups is 1. The summed E-state index contributed by atoms with van der Waals surface area (Å²) < 4.78 is 17.2. The highest BCUT2D eigenvalue weighted by atomic mass is 16.5. The Balaban J connectivity index is 1.33. The van der Waals surface area contributed by atoms with Crippen molar-refractivity contribution in [3.63, 3.8) is 0 Å². The van der Waals surface area contributed by atoms with Crippen molar-refractivity contribution in [1.29, 1.82) is 5.41 Å². The highest BCUT2D eigenvalue weighted by molar-refractivity contribution is 5.89. The summed E-state index contributed by atoms with van der Waals surface area (Å²) in [4.78, 5) is 11.0. The van der Waals surface area contributed by atoms with Gasteiger partial charge in [0.15, 0.2) is 0 Å². The van der Waals surface area contributed by atoms with Gasteiger partial charge in [-0.15, -0.1) is 0 Å². The van der Waals surface area contributed by atoms with E-state index in [1.165, 1.54) is 17.9 Å². The average molecular weight is 506 g/mol. The summed E-state index contributed by atoms with van der Waals surface area (Å²) in [6.07, 6.45) is 13.7. The molecule has 1 fully saturated rings. The summed E-state index contributed by atoms with van der Waals surface area (Å²) in [7, 11) is 0. The molecule has 1 N–H and O–H groups in total. The lowest BCUT2D eigenvalue weighted by atomic mass is 9.88. The van der Waals surface area contributed by atoms with Crippen molar-refractivity contribution in [1.82, 2.24) is 0 Å². The molecule has 0 saturated heterocycles. The van der Waals surface area contributed by atoms with E-state index in [2.05, 4.69) is 43.8 Å². The van der Waals surface area contributed by atoms with Gasteiger partial charge in [0.1, 0.15) is 5.75 Å². The number of hydrogen-bond donors (Lipinski definition) is 1. The first-order chi connectivity index (χ1) is 18.1. The number of ether oxygens (including phenoxy) is 3. The molecule has 200 valence electrons. The fourth-order valence-corrected chi connectivity index (χ4v) is 4.87. The lowest BCUT2D eigenvalue weighted by Gasteiger charge is -2.28. The van der Waals surface area contributed by atoms with Gasteiger partial charge in [-0.05, 0) is 86.1 Å². The fraction of sp³-hybridized carbons (Fsp3) is 0.500. The van der Waals surface area contributed by atoms with Gasteiger partial charge in [-0.1, -0.05) is 56.7 Å². The van der Waals surface area contributed by atoms with E-state index < -0.39 is 0 Å². The Morgan fingerprint density at radius 3 is 2.41 bits per heavy atom. The van der Waals surface area contributed by atoms with Crippen molar-refractivity contribution >= 4 is 12.2 Å². The molecule has 2 aromatic rings. The number of hydrogen-bond acceptors (Lipinski definition) is 5. The molecule has 0 spiro atoms. The smallest absolute Gasteiger partial charge is 0.330 e. The van der Waals surface area contributed by atoms with Crippen molar-refractivity contribution in [2.75, 3.05) is 19.8 Å². The Bertz CT molecular complexity index is 977. The van der Waals surface area contributed by atoms with Crippen LogP contribution in [0.4, 0.5) is 0 Å². The predicted molar refractivity (Wildman–Crippen MR) is 151 cm³/mol. The summed E-state index contributed by atoms with van der Waals surface area (Å²) in [5.74, 6) is 1.04. The van der Waals surface area contributed by atoms with Gasteiger partial charge >= 0.3 is 5.97 Å². The molecule has 37 heavy (non-hydrogen) atoms. The average Bonchev–Trinajstić information content (AvgIpc) is 2.94. The first-order valence-electron chi connectivity index (χ1n) is 13.9. The van der Waals surface area contributed by atoms with Gasteiger partial charge in [0.05, 0.1) is 19.3 Å². The molecule has 1 saturated carbocycles. The fourth-order valence-electron chi connectivity index (χ4n) is 4.87. The maximum Gasteiger partial charge on any atom is 0.330 e. The molecular formula is C32H43NO4. The Labute approximate surface area is 222 Å². The van der Waals surface area contributed by atoms with Gasteiger partial charge in [0, 0.05) is 24.5 Å². The van der Waals surface area contributed by atoms with E-state index in [0.717, 1.165) is 93.3 Å². The van der Waals surface area contributed by atoms with E-state index in [1.54, 1.807) is 0 Å². The van der Waals surface area contributed by atoms with E-state index >= 15 is 0 Å². The van der Waals surface area contributed by atoms with Crippen LogP contribution in [0.1, 0.15) is 75.8 Å². The van der Waals surface area contributed by atoms with Crippen LogP contribution in [0, 0.1) is 11.3 Å². The summed E-state index contributed by atoms with van der Waals surface area (Å²) in [6.45, 7) is 7.57. The zero-order valence-electron chi connectivity index (χ0n) is 22.4. The zero-order valence-corrected chi connectivity index (χ0v) is 22.4. The molecule has 0 radical (unpaired) electrons. The standard InChI is InChI=1S/C32H43NO4/c1-3-9-25-10-14-27(15-11-25)31-19-18-30(22-28(31)23-33)37-24-26-12-16-29(17-13-26)35-20-7-5-6-8-21-36-32(34)4-2/h4,10-11,14-15,18-19,22-23,26,29,33H,2-3,5-9,12-13,16-17,20-21,24H2,1H3. The van der Waals surface area contributed by atoms with Crippen LogP contribution in [0.5, 0.6) is 5.75 Å². The van der Waals surface area contributed by atoms with Crippen LogP contribution in [0.2, 0.25) is 0 Å². The molecule has 0 unspecified atom stereocenters. The monoisotopic (exact) mass is 505 g/mol. The number of unbranched alkanes of at least 4 members (excludes halogenated alkanes) is 3. The minimum atomic E-state index is -0.345. The van der Waals surface area contributed by atoms with Crippen molar-refractivity contribution in [2.24, 2.45) is 5.92 Å². The molecule has 3 rings (SSSR count). The molecule has 5 heteroatoms. The minimum absolute atomic E-state index is 0.345. The summed E-state index contributed by atoms with van der Waals surface area (Å²) in [5.41, 5.74) is 4.44. The summed E-state index contributed by atoms with van der Waals surface area (Å²) >= 11 is 0. The zero-order chi connectivity index (χ0) is 26.3. The van der Waals surface area contributed by atoms with Crippen molar-refractivity contribution in [3.8, 4) is 16.9 Å². The van der Waals surface area contributed by atoms with Gasteiger partial charge in [-0.3, -0.25) is 0 Å². The molecule has 0 aliphatic heterocycles. The van der Waals surface area contributed by atoms with Gasteiger partial charge in [-0.2, -0.15) is 0 Å². The third kappa shape index (κ3) is 9.81. The normalized spacial score (nSPS) is 17.2. The molecule has 0 aromatic heterocycles. The number of benzene rings is 2. The number of carbonyl (C=O) groups excluding carboxylic acids is 1. The quantitative estimate of drug-likeness (QED) is 0.111.